The van der Waals surface area contributed by atoms with Crippen LogP contribution in [-0.4, -0.2) is 12.3 Å². The Kier molecular flexibility index (Phi) is 3.97. The highest BCUT2D eigenvalue weighted by Gasteiger charge is 2.72. The Bertz CT molecular complexity index is 865. The van der Waals surface area contributed by atoms with E-state index >= 15 is 0 Å². The van der Waals surface area contributed by atoms with Crippen molar-refractivity contribution in [1.82, 2.24) is 0 Å². The SMILES string of the molecule is C#C[C@@H](O[C@@H]1OC(=O)[C@@H]2[C@H]1C2(C)C)c1cccc(Oc2ccccc2)c1. The van der Waals surface area contributed by atoms with E-state index < -0.39 is 12.4 Å². The Morgan fingerprint density at radius 2 is 1.85 bits per heavy atom. The van der Waals surface area contributed by atoms with Gasteiger partial charge in [-0.2, -0.15) is 0 Å². The van der Waals surface area contributed by atoms with Crippen molar-refractivity contribution in [2.24, 2.45) is 17.3 Å². The molecular weight excluding hydrogens is 328 g/mol. The Morgan fingerprint density at radius 3 is 2.50 bits per heavy atom. The van der Waals surface area contributed by atoms with Crippen LogP contribution in [0.15, 0.2) is 54.6 Å². The molecule has 0 amide bonds. The summed E-state index contributed by atoms with van der Waals surface area (Å²) in [5.41, 5.74) is 0.705. The van der Waals surface area contributed by atoms with Crippen molar-refractivity contribution in [3.63, 3.8) is 0 Å². The summed E-state index contributed by atoms with van der Waals surface area (Å²) >= 11 is 0. The molecule has 4 nitrogen and oxygen atoms in total. The number of hydrogen-bond acceptors (Lipinski definition) is 4. The van der Waals surface area contributed by atoms with Gasteiger partial charge in [0.15, 0.2) is 0 Å². The number of cyclic esters (lactones) is 1. The fourth-order valence-electron chi connectivity index (χ4n) is 3.72. The largest absolute Gasteiger partial charge is 0.457 e. The summed E-state index contributed by atoms with van der Waals surface area (Å²) in [6, 6.07) is 17.0. The fraction of sp³-hybridized carbons (Fsp3) is 0.318. The maximum absolute atomic E-state index is 11.9. The van der Waals surface area contributed by atoms with E-state index in [9.17, 15) is 4.79 Å². The van der Waals surface area contributed by atoms with Gasteiger partial charge in [0, 0.05) is 5.92 Å². The van der Waals surface area contributed by atoms with E-state index in [1.807, 2.05) is 54.6 Å². The first-order chi connectivity index (χ1) is 12.5. The molecule has 1 saturated carbocycles. The Morgan fingerprint density at radius 1 is 1.12 bits per heavy atom. The number of rotatable bonds is 5. The predicted molar refractivity (Wildman–Crippen MR) is 96.3 cm³/mol. The molecule has 4 rings (SSSR count). The summed E-state index contributed by atoms with van der Waals surface area (Å²) in [6.07, 6.45) is 4.49. The molecule has 0 aromatic heterocycles. The molecule has 2 aliphatic rings. The highest BCUT2D eigenvalue weighted by molar-refractivity contribution is 5.80. The smallest absolute Gasteiger partial charge is 0.312 e. The summed E-state index contributed by atoms with van der Waals surface area (Å²) in [4.78, 5) is 11.9. The third-order valence-electron chi connectivity index (χ3n) is 5.25. The van der Waals surface area contributed by atoms with E-state index in [2.05, 4.69) is 19.8 Å². The van der Waals surface area contributed by atoms with Crippen LogP contribution in [0.2, 0.25) is 0 Å². The number of ether oxygens (including phenoxy) is 3. The highest BCUT2D eigenvalue weighted by Crippen LogP contribution is 2.65. The lowest BCUT2D eigenvalue weighted by Crippen LogP contribution is -2.24. The van der Waals surface area contributed by atoms with E-state index in [-0.39, 0.29) is 23.2 Å². The van der Waals surface area contributed by atoms with Gasteiger partial charge in [-0.25, -0.2) is 0 Å². The summed E-state index contributed by atoms with van der Waals surface area (Å²) in [6.45, 7) is 4.11. The van der Waals surface area contributed by atoms with Gasteiger partial charge in [-0.1, -0.05) is 50.1 Å². The lowest BCUT2D eigenvalue weighted by molar-refractivity contribution is -0.182. The molecule has 1 aliphatic carbocycles. The molecule has 2 aromatic carbocycles. The zero-order chi connectivity index (χ0) is 18.3. The molecule has 1 saturated heterocycles. The van der Waals surface area contributed by atoms with Crippen LogP contribution in [0.1, 0.15) is 25.5 Å². The van der Waals surface area contributed by atoms with Crippen molar-refractivity contribution in [1.29, 1.82) is 0 Å². The van der Waals surface area contributed by atoms with Gasteiger partial charge in [0.2, 0.25) is 6.29 Å². The van der Waals surface area contributed by atoms with Crippen molar-refractivity contribution in [3.05, 3.63) is 60.2 Å². The molecule has 4 atom stereocenters. The lowest BCUT2D eigenvalue weighted by Gasteiger charge is -2.22. The number of fused-ring (bicyclic) bond motifs is 1. The second-order valence-electron chi connectivity index (χ2n) is 7.30. The number of carbonyl (C=O) groups excluding carboxylic acids is 1. The van der Waals surface area contributed by atoms with Gasteiger partial charge in [0.05, 0.1) is 5.92 Å². The van der Waals surface area contributed by atoms with Gasteiger partial charge in [0.25, 0.3) is 0 Å². The van der Waals surface area contributed by atoms with Crippen molar-refractivity contribution in [2.45, 2.75) is 26.2 Å². The summed E-state index contributed by atoms with van der Waals surface area (Å²) in [5.74, 6) is 3.85. The van der Waals surface area contributed by atoms with Crippen molar-refractivity contribution in [2.75, 3.05) is 0 Å². The van der Waals surface area contributed by atoms with Crippen molar-refractivity contribution in [3.8, 4) is 23.8 Å². The highest BCUT2D eigenvalue weighted by atomic mass is 16.7. The molecule has 26 heavy (non-hydrogen) atoms. The maximum atomic E-state index is 11.9. The van der Waals surface area contributed by atoms with Crippen molar-refractivity contribution >= 4 is 5.97 Å². The number of esters is 1. The number of carbonyl (C=O) groups is 1. The minimum absolute atomic E-state index is 0.0644. The Balaban J connectivity index is 1.50. The molecule has 132 valence electrons. The molecule has 0 radical (unpaired) electrons. The van der Waals surface area contributed by atoms with E-state index in [0.29, 0.717) is 5.75 Å². The van der Waals surface area contributed by atoms with E-state index in [4.69, 9.17) is 20.6 Å². The average molecular weight is 348 g/mol. The summed E-state index contributed by atoms with van der Waals surface area (Å²) < 4.78 is 17.2. The zero-order valence-corrected chi connectivity index (χ0v) is 14.7. The first-order valence-corrected chi connectivity index (χ1v) is 8.65. The van der Waals surface area contributed by atoms with Gasteiger partial charge in [-0.3, -0.25) is 4.79 Å². The van der Waals surface area contributed by atoms with Crippen LogP contribution < -0.4 is 4.74 Å². The summed E-state index contributed by atoms with van der Waals surface area (Å²) in [5, 5.41) is 0. The van der Waals surface area contributed by atoms with Crippen LogP contribution in [0.25, 0.3) is 0 Å². The Hall–Kier alpha value is -2.77. The first kappa shape index (κ1) is 16.7. The van der Waals surface area contributed by atoms with Gasteiger partial charge < -0.3 is 14.2 Å². The third kappa shape index (κ3) is 2.85. The topological polar surface area (TPSA) is 44.8 Å². The van der Waals surface area contributed by atoms with Crippen LogP contribution in [0, 0.1) is 29.6 Å². The third-order valence-corrected chi connectivity index (χ3v) is 5.25. The summed E-state index contributed by atoms with van der Waals surface area (Å²) in [7, 11) is 0. The molecule has 0 spiro atoms. The van der Waals surface area contributed by atoms with E-state index in [0.717, 1.165) is 11.3 Å². The molecule has 4 heteroatoms. The second-order valence-corrected chi connectivity index (χ2v) is 7.30. The van der Waals surface area contributed by atoms with Crippen LogP contribution in [0.3, 0.4) is 0 Å². The van der Waals surface area contributed by atoms with Crippen LogP contribution >= 0.6 is 0 Å². The number of para-hydroxylation sites is 1. The van der Waals surface area contributed by atoms with E-state index in [1.165, 1.54) is 0 Å². The quantitative estimate of drug-likeness (QED) is 0.596. The minimum Gasteiger partial charge on any atom is -0.457 e. The molecule has 2 fully saturated rings. The van der Waals surface area contributed by atoms with Crippen LogP contribution in [-0.2, 0) is 14.3 Å². The van der Waals surface area contributed by atoms with Gasteiger partial charge >= 0.3 is 5.97 Å². The minimum atomic E-state index is -0.609. The number of terminal acetylenes is 1. The van der Waals surface area contributed by atoms with Crippen molar-refractivity contribution < 1.29 is 19.0 Å². The first-order valence-electron chi connectivity index (χ1n) is 8.65. The molecule has 1 heterocycles. The van der Waals surface area contributed by atoms with Gasteiger partial charge in [-0.15, -0.1) is 6.42 Å². The van der Waals surface area contributed by atoms with E-state index in [1.54, 1.807) is 0 Å². The maximum Gasteiger partial charge on any atom is 0.312 e. The van der Waals surface area contributed by atoms with Gasteiger partial charge in [0.1, 0.15) is 17.6 Å². The average Bonchev–Trinajstić information content (AvgIpc) is 3.03. The number of hydrogen-bond donors (Lipinski definition) is 0. The molecule has 1 aliphatic heterocycles. The van der Waals surface area contributed by atoms with Crippen LogP contribution in [0.4, 0.5) is 0 Å². The fourth-order valence-corrected chi connectivity index (χ4v) is 3.72. The zero-order valence-electron chi connectivity index (χ0n) is 14.7. The lowest BCUT2D eigenvalue weighted by atomic mass is 10.1. The standard InChI is InChI=1S/C22H20O4/c1-4-17(25-21-19-18(20(23)26-21)22(19,2)3)14-9-8-12-16(13-14)24-15-10-6-5-7-11-15/h1,5-13,17-19,21H,2-3H3/t17-,18+,19-,21-/m1/s1. The molecule has 2 aromatic rings. The Labute approximate surface area is 153 Å². The normalized spacial score (nSPS) is 26.3. The van der Waals surface area contributed by atoms with Gasteiger partial charge in [-0.05, 0) is 35.2 Å². The number of benzene rings is 2. The molecule has 0 unspecified atom stereocenters. The molecular formula is C22H20O4. The predicted octanol–water partition coefficient (Wildman–Crippen LogP) is 4.32. The second kappa shape index (κ2) is 6.19. The molecule has 0 N–H and O–H groups in total. The molecule has 0 bridgehead atoms. The van der Waals surface area contributed by atoms with Crippen LogP contribution in [0.5, 0.6) is 11.5 Å². The monoisotopic (exact) mass is 348 g/mol.